The highest BCUT2D eigenvalue weighted by molar-refractivity contribution is 6.31. The molecule has 0 bridgehead atoms. The molecule has 6 heteroatoms. The number of carbonyl (C=O) groups is 1. The first-order valence-electron chi connectivity index (χ1n) is 7.76. The molecule has 0 aliphatic carbocycles. The summed E-state index contributed by atoms with van der Waals surface area (Å²) in [5, 5.41) is 13.4. The van der Waals surface area contributed by atoms with E-state index in [4.69, 9.17) is 11.6 Å². The Morgan fingerprint density at radius 2 is 2.32 bits per heavy atom. The van der Waals surface area contributed by atoms with Gasteiger partial charge in [0.15, 0.2) is 0 Å². The SMILES string of the molecule is O=C(NC1CCCNC1)C1C=NN(Cc2ccccc2Cl)C1. The van der Waals surface area contributed by atoms with Crippen molar-refractivity contribution in [2.45, 2.75) is 25.4 Å². The van der Waals surface area contributed by atoms with E-state index in [9.17, 15) is 4.79 Å². The highest BCUT2D eigenvalue weighted by Gasteiger charge is 2.27. The van der Waals surface area contributed by atoms with Crippen LogP contribution >= 0.6 is 11.6 Å². The lowest BCUT2D eigenvalue weighted by Gasteiger charge is -2.25. The summed E-state index contributed by atoms with van der Waals surface area (Å²) in [7, 11) is 0. The number of nitrogens with one attached hydrogen (secondary N) is 2. The van der Waals surface area contributed by atoms with Crippen molar-refractivity contribution < 1.29 is 4.79 Å². The molecular weight excluding hydrogens is 300 g/mol. The van der Waals surface area contributed by atoms with Crippen molar-refractivity contribution >= 4 is 23.7 Å². The summed E-state index contributed by atoms with van der Waals surface area (Å²) < 4.78 is 0. The van der Waals surface area contributed by atoms with E-state index in [0.717, 1.165) is 36.5 Å². The summed E-state index contributed by atoms with van der Waals surface area (Å²) >= 11 is 6.17. The fourth-order valence-corrected chi connectivity index (χ4v) is 3.05. The molecular formula is C16H21ClN4O. The predicted octanol–water partition coefficient (Wildman–Crippen LogP) is 1.63. The maximum absolute atomic E-state index is 12.3. The Kier molecular flexibility index (Phi) is 4.95. The fraction of sp³-hybridized carbons (Fsp3) is 0.500. The number of benzene rings is 1. The standard InChI is InChI=1S/C16H21ClN4O/c17-15-6-2-1-4-12(15)10-21-11-13(8-19-21)16(22)20-14-5-3-7-18-9-14/h1-2,4,6,8,13-14,18H,3,5,7,9-11H2,(H,20,22). The molecule has 2 N–H and O–H groups in total. The third-order valence-corrected chi connectivity index (χ3v) is 4.48. The van der Waals surface area contributed by atoms with E-state index in [1.54, 1.807) is 6.21 Å². The van der Waals surface area contributed by atoms with Crippen molar-refractivity contribution in [1.82, 2.24) is 15.6 Å². The minimum Gasteiger partial charge on any atom is -0.351 e. The Morgan fingerprint density at radius 3 is 3.09 bits per heavy atom. The van der Waals surface area contributed by atoms with Crippen LogP contribution in [0.4, 0.5) is 0 Å². The molecule has 1 amide bonds. The third-order valence-electron chi connectivity index (χ3n) is 4.11. The zero-order chi connectivity index (χ0) is 15.4. The number of amides is 1. The van der Waals surface area contributed by atoms with Gasteiger partial charge in [0.1, 0.15) is 0 Å². The van der Waals surface area contributed by atoms with E-state index < -0.39 is 0 Å². The molecule has 1 saturated heterocycles. The van der Waals surface area contributed by atoms with Crippen LogP contribution in [0, 0.1) is 5.92 Å². The van der Waals surface area contributed by atoms with Gasteiger partial charge in [-0.2, -0.15) is 5.10 Å². The molecule has 1 fully saturated rings. The van der Waals surface area contributed by atoms with Gasteiger partial charge >= 0.3 is 0 Å². The molecule has 2 aliphatic heterocycles. The first-order valence-corrected chi connectivity index (χ1v) is 8.14. The second-order valence-corrected chi connectivity index (χ2v) is 6.27. The van der Waals surface area contributed by atoms with E-state index in [1.165, 1.54) is 0 Å². The molecule has 0 saturated carbocycles. The van der Waals surface area contributed by atoms with Gasteiger partial charge in [0.05, 0.1) is 19.0 Å². The molecule has 0 radical (unpaired) electrons. The summed E-state index contributed by atoms with van der Waals surface area (Å²) in [5.74, 6) is -0.108. The number of rotatable bonds is 4. The van der Waals surface area contributed by atoms with Gasteiger partial charge < -0.3 is 10.6 Å². The highest BCUT2D eigenvalue weighted by Crippen LogP contribution is 2.19. The number of nitrogens with zero attached hydrogens (tertiary/aromatic N) is 2. The van der Waals surface area contributed by atoms with Gasteiger partial charge in [-0.1, -0.05) is 29.8 Å². The Labute approximate surface area is 135 Å². The van der Waals surface area contributed by atoms with Crippen LogP contribution in [0.1, 0.15) is 18.4 Å². The minimum atomic E-state index is -0.176. The Balaban J connectivity index is 1.50. The molecule has 2 aliphatic rings. The molecule has 118 valence electrons. The quantitative estimate of drug-likeness (QED) is 0.886. The third kappa shape index (κ3) is 3.78. The first kappa shape index (κ1) is 15.3. The number of carbonyl (C=O) groups excluding carboxylic acids is 1. The monoisotopic (exact) mass is 320 g/mol. The number of hydrazone groups is 1. The van der Waals surface area contributed by atoms with Crippen LogP contribution in [0.2, 0.25) is 5.02 Å². The van der Waals surface area contributed by atoms with Gasteiger partial charge in [0.2, 0.25) is 5.91 Å². The van der Waals surface area contributed by atoms with E-state index in [2.05, 4.69) is 15.7 Å². The van der Waals surface area contributed by atoms with Gasteiger partial charge in [0, 0.05) is 23.8 Å². The Bertz CT molecular complexity index is 557. The average molecular weight is 321 g/mol. The average Bonchev–Trinajstić information content (AvgIpc) is 2.99. The van der Waals surface area contributed by atoms with Gasteiger partial charge in [-0.25, -0.2) is 0 Å². The molecule has 0 aromatic heterocycles. The lowest BCUT2D eigenvalue weighted by atomic mass is 10.1. The zero-order valence-electron chi connectivity index (χ0n) is 12.5. The summed E-state index contributed by atoms with van der Waals surface area (Å²) in [6.45, 7) is 3.14. The zero-order valence-corrected chi connectivity index (χ0v) is 13.2. The van der Waals surface area contributed by atoms with Crippen LogP contribution in [0.5, 0.6) is 0 Å². The smallest absolute Gasteiger partial charge is 0.230 e. The molecule has 2 unspecified atom stereocenters. The Hall–Kier alpha value is -1.59. The van der Waals surface area contributed by atoms with Crippen LogP contribution in [-0.4, -0.2) is 42.8 Å². The molecule has 2 atom stereocenters. The second kappa shape index (κ2) is 7.11. The lowest BCUT2D eigenvalue weighted by Crippen LogP contribution is -2.48. The minimum absolute atomic E-state index is 0.0686. The van der Waals surface area contributed by atoms with Gasteiger partial charge in [-0.05, 0) is 31.0 Å². The summed E-state index contributed by atoms with van der Waals surface area (Å²) in [5.41, 5.74) is 1.03. The Morgan fingerprint density at radius 1 is 1.45 bits per heavy atom. The molecule has 1 aromatic carbocycles. The van der Waals surface area contributed by atoms with E-state index in [1.807, 2.05) is 29.3 Å². The van der Waals surface area contributed by atoms with Crippen molar-refractivity contribution in [2.24, 2.45) is 11.0 Å². The molecule has 1 aromatic rings. The van der Waals surface area contributed by atoms with Crippen LogP contribution in [-0.2, 0) is 11.3 Å². The molecule has 0 spiro atoms. The van der Waals surface area contributed by atoms with Gasteiger partial charge in [0.25, 0.3) is 0 Å². The molecule has 2 heterocycles. The van der Waals surface area contributed by atoms with Crippen LogP contribution in [0.15, 0.2) is 29.4 Å². The summed E-state index contributed by atoms with van der Waals surface area (Å²) in [6.07, 6.45) is 3.90. The molecule has 22 heavy (non-hydrogen) atoms. The van der Waals surface area contributed by atoms with Gasteiger partial charge in [-0.15, -0.1) is 0 Å². The van der Waals surface area contributed by atoms with Crippen molar-refractivity contribution in [3.63, 3.8) is 0 Å². The second-order valence-electron chi connectivity index (χ2n) is 5.86. The van der Waals surface area contributed by atoms with Crippen molar-refractivity contribution in [1.29, 1.82) is 0 Å². The van der Waals surface area contributed by atoms with Crippen LogP contribution in [0.25, 0.3) is 0 Å². The summed E-state index contributed by atoms with van der Waals surface area (Å²) in [6, 6.07) is 7.97. The molecule has 3 rings (SSSR count). The highest BCUT2D eigenvalue weighted by atomic mass is 35.5. The fourth-order valence-electron chi connectivity index (χ4n) is 2.86. The molecule has 5 nitrogen and oxygen atoms in total. The predicted molar refractivity (Wildman–Crippen MR) is 87.9 cm³/mol. The largest absolute Gasteiger partial charge is 0.351 e. The number of piperidine rings is 1. The summed E-state index contributed by atoms with van der Waals surface area (Å²) in [4.78, 5) is 12.3. The maximum Gasteiger partial charge on any atom is 0.230 e. The topological polar surface area (TPSA) is 56.7 Å². The van der Waals surface area contributed by atoms with Crippen molar-refractivity contribution in [2.75, 3.05) is 19.6 Å². The number of hydrogen-bond donors (Lipinski definition) is 2. The maximum atomic E-state index is 12.3. The van der Waals surface area contributed by atoms with E-state index in [-0.39, 0.29) is 17.9 Å². The number of halogens is 1. The van der Waals surface area contributed by atoms with Gasteiger partial charge in [-0.3, -0.25) is 9.80 Å². The van der Waals surface area contributed by atoms with Crippen molar-refractivity contribution in [3.8, 4) is 0 Å². The normalized spacial score (nSPS) is 24.5. The lowest BCUT2D eigenvalue weighted by molar-refractivity contribution is -0.123. The first-order chi connectivity index (χ1) is 10.7. The van der Waals surface area contributed by atoms with E-state index in [0.29, 0.717) is 13.1 Å². The van der Waals surface area contributed by atoms with Crippen molar-refractivity contribution in [3.05, 3.63) is 34.9 Å². The van der Waals surface area contributed by atoms with Crippen LogP contribution in [0.3, 0.4) is 0 Å². The number of hydrogen-bond acceptors (Lipinski definition) is 4. The van der Waals surface area contributed by atoms with Crippen LogP contribution < -0.4 is 10.6 Å². The van der Waals surface area contributed by atoms with E-state index >= 15 is 0 Å².